The van der Waals surface area contributed by atoms with E-state index in [0.717, 1.165) is 55.5 Å². The van der Waals surface area contributed by atoms with Crippen LogP contribution in [0.25, 0.3) is 0 Å². The average Bonchev–Trinajstić information content (AvgIpc) is 3.10. The highest BCUT2D eigenvalue weighted by Crippen LogP contribution is 2.20. The number of amides is 1. The second-order valence-electron chi connectivity index (χ2n) is 7.14. The summed E-state index contributed by atoms with van der Waals surface area (Å²) in [6.45, 7) is 10.7. The Morgan fingerprint density at radius 3 is 2.81 bits per heavy atom. The summed E-state index contributed by atoms with van der Waals surface area (Å²) in [6.07, 6.45) is 8.81. The number of unbranched alkanes of at least 4 members (excludes halogenated alkanes) is 2. The van der Waals surface area contributed by atoms with Crippen molar-refractivity contribution >= 4 is 5.91 Å². The van der Waals surface area contributed by atoms with E-state index in [2.05, 4.69) is 29.1 Å². The molecule has 0 saturated heterocycles. The molecule has 0 spiro atoms. The highest BCUT2D eigenvalue weighted by molar-refractivity contribution is 5.96. The van der Waals surface area contributed by atoms with Crippen LogP contribution >= 0.6 is 0 Å². The van der Waals surface area contributed by atoms with Gasteiger partial charge in [-0.25, -0.2) is 0 Å². The number of nitrogens with zero attached hydrogens (tertiary/aromatic N) is 3. The zero-order chi connectivity index (χ0) is 19.0. The minimum Gasteiger partial charge on any atom is -0.341 e. The summed E-state index contributed by atoms with van der Waals surface area (Å²) in [6, 6.07) is 7.78. The van der Waals surface area contributed by atoms with Crippen molar-refractivity contribution in [1.29, 1.82) is 0 Å². The summed E-state index contributed by atoms with van der Waals surface area (Å²) in [7, 11) is 0. The number of nitrogens with one attached hydrogen (secondary N) is 1. The molecule has 0 atom stereocenters. The number of aromatic nitrogens is 3. The SMILES string of the molecule is C=CCCCc1ccccc1C(=O)NC(C)(C)c1cn(CCCC)nn1. The van der Waals surface area contributed by atoms with Gasteiger partial charge in [0.05, 0.1) is 11.7 Å². The monoisotopic (exact) mass is 354 g/mol. The molecule has 2 rings (SSSR count). The van der Waals surface area contributed by atoms with Crippen molar-refractivity contribution in [3.8, 4) is 0 Å². The van der Waals surface area contributed by atoms with Gasteiger partial charge in [0.25, 0.3) is 5.91 Å². The third kappa shape index (κ3) is 5.28. The topological polar surface area (TPSA) is 59.8 Å². The molecule has 0 bridgehead atoms. The Kier molecular flexibility index (Phi) is 7.13. The number of carbonyl (C=O) groups is 1. The average molecular weight is 354 g/mol. The van der Waals surface area contributed by atoms with E-state index < -0.39 is 5.54 Å². The van der Waals surface area contributed by atoms with Crippen LogP contribution in [0.5, 0.6) is 0 Å². The van der Waals surface area contributed by atoms with Crippen molar-refractivity contribution in [2.75, 3.05) is 0 Å². The van der Waals surface area contributed by atoms with Gasteiger partial charge in [0.15, 0.2) is 0 Å². The molecule has 0 aliphatic rings. The Labute approximate surface area is 156 Å². The first-order chi connectivity index (χ1) is 12.5. The number of hydrogen-bond donors (Lipinski definition) is 1. The first kappa shape index (κ1) is 19.9. The van der Waals surface area contributed by atoms with Crippen molar-refractivity contribution in [2.24, 2.45) is 0 Å². The minimum absolute atomic E-state index is 0.0766. The number of benzene rings is 1. The van der Waals surface area contributed by atoms with Crippen LogP contribution in [0.3, 0.4) is 0 Å². The fraction of sp³-hybridized carbons (Fsp3) is 0.476. The van der Waals surface area contributed by atoms with Gasteiger partial charge in [0, 0.05) is 12.1 Å². The van der Waals surface area contributed by atoms with Crippen LogP contribution in [0.2, 0.25) is 0 Å². The van der Waals surface area contributed by atoms with Gasteiger partial charge in [0.1, 0.15) is 5.69 Å². The molecule has 1 heterocycles. The van der Waals surface area contributed by atoms with Crippen molar-refractivity contribution in [3.63, 3.8) is 0 Å². The van der Waals surface area contributed by atoms with Crippen LogP contribution in [-0.2, 0) is 18.5 Å². The molecule has 5 heteroatoms. The molecule has 1 aromatic carbocycles. The largest absolute Gasteiger partial charge is 0.341 e. The van der Waals surface area contributed by atoms with E-state index in [1.807, 2.05) is 55.1 Å². The predicted molar refractivity (Wildman–Crippen MR) is 105 cm³/mol. The number of aryl methyl sites for hydroxylation is 2. The Hall–Kier alpha value is -2.43. The Morgan fingerprint density at radius 2 is 2.08 bits per heavy atom. The predicted octanol–water partition coefficient (Wildman–Crippen LogP) is 4.25. The van der Waals surface area contributed by atoms with Crippen LogP contribution in [0, 0.1) is 0 Å². The molecule has 0 aliphatic heterocycles. The van der Waals surface area contributed by atoms with Crippen LogP contribution in [0.1, 0.15) is 68.1 Å². The van der Waals surface area contributed by atoms with Crippen molar-refractivity contribution in [3.05, 3.63) is 59.9 Å². The van der Waals surface area contributed by atoms with Gasteiger partial charge in [-0.2, -0.15) is 0 Å². The minimum atomic E-state index is -0.588. The number of allylic oxidation sites excluding steroid dienone is 1. The maximum Gasteiger partial charge on any atom is 0.252 e. The van der Waals surface area contributed by atoms with Gasteiger partial charge in [-0.05, 0) is 51.2 Å². The molecule has 26 heavy (non-hydrogen) atoms. The molecule has 1 aromatic heterocycles. The Bertz CT molecular complexity index is 733. The molecule has 140 valence electrons. The lowest BCUT2D eigenvalue weighted by Gasteiger charge is -2.24. The van der Waals surface area contributed by atoms with E-state index in [4.69, 9.17) is 0 Å². The highest BCUT2D eigenvalue weighted by atomic mass is 16.1. The van der Waals surface area contributed by atoms with Crippen LogP contribution in [0.15, 0.2) is 43.1 Å². The normalized spacial score (nSPS) is 11.3. The quantitative estimate of drug-likeness (QED) is 0.512. The summed E-state index contributed by atoms with van der Waals surface area (Å²) in [5, 5.41) is 11.5. The molecule has 0 fully saturated rings. The summed E-state index contributed by atoms with van der Waals surface area (Å²) in [4.78, 5) is 12.9. The lowest BCUT2D eigenvalue weighted by molar-refractivity contribution is 0.0909. The molecule has 0 aliphatic carbocycles. The lowest BCUT2D eigenvalue weighted by atomic mass is 9.97. The molecule has 5 nitrogen and oxygen atoms in total. The van der Waals surface area contributed by atoms with Crippen LogP contribution < -0.4 is 5.32 Å². The summed E-state index contributed by atoms with van der Waals surface area (Å²) < 4.78 is 1.84. The van der Waals surface area contributed by atoms with E-state index >= 15 is 0 Å². The van der Waals surface area contributed by atoms with Crippen molar-refractivity contribution < 1.29 is 4.79 Å². The molecule has 0 radical (unpaired) electrons. The van der Waals surface area contributed by atoms with Gasteiger partial charge in [-0.15, -0.1) is 11.7 Å². The molecule has 2 aromatic rings. The van der Waals surface area contributed by atoms with E-state index in [1.165, 1.54) is 0 Å². The first-order valence-electron chi connectivity index (χ1n) is 9.40. The number of carbonyl (C=O) groups excluding carboxylic acids is 1. The van der Waals surface area contributed by atoms with E-state index in [1.54, 1.807) is 0 Å². The third-order valence-electron chi connectivity index (χ3n) is 4.46. The maximum absolute atomic E-state index is 12.9. The van der Waals surface area contributed by atoms with Gasteiger partial charge in [-0.3, -0.25) is 9.48 Å². The second kappa shape index (κ2) is 9.32. The molecule has 0 unspecified atom stereocenters. The van der Waals surface area contributed by atoms with Crippen molar-refractivity contribution in [1.82, 2.24) is 20.3 Å². The van der Waals surface area contributed by atoms with E-state index in [9.17, 15) is 4.79 Å². The summed E-state index contributed by atoms with van der Waals surface area (Å²) >= 11 is 0. The number of hydrogen-bond acceptors (Lipinski definition) is 3. The summed E-state index contributed by atoms with van der Waals surface area (Å²) in [5.41, 5.74) is 1.97. The molecular formula is C21H30N4O. The maximum atomic E-state index is 12.9. The van der Waals surface area contributed by atoms with Crippen LogP contribution in [-0.4, -0.2) is 20.9 Å². The van der Waals surface area contributed by atoms with Crippen LogP contribution in [0.4, 0.5) is 0 Å². The molecular weight excluding hydrogens is 324 g/mol. The number of rotatable bonds is 10. The smallest absolute Gasteiger partial charge is 0.252 e. The first-order valence-corrected chi connectivity index (χ1v) is 9.40. The lowest BCUT2D eigenvalue weighted by Crippen LogP contribution is -2.41. The third-order valence-corrected chi connectivity index (χ3v) is 4.46. The van der Waals surface area contributed by atoms with Crippen molar-refractivity contribution in [2.45, 2.75) is 65.0 Å². The van der Waals surface area contributed by atoms with Gasteiger partial charge >= 0.3 is 0 Å². The zero-order valence-corrected chi connectivity index (χ0v) is 16.2. The fourth-order valence-electron chi connectivity index (χ4n) is 2.83. The summed E-state index contributed by atoms with van der Waals surface area (Å²) in [5.74, 6) is -0.0766. The zero-order valence-electron chi connectivity index (χ0n) is 16.2. The highest BCUT2D eigenvalue weighted by Gasteiger charge is 2.27. The Balaban J connectivity index is 2.10. The van der Waals surface area contributed by atoms with Gasteiger partial charge < -0.3 is 5.32 Å². The molecule has 1 N–H and O–H groups in total. The molecule has 1 amide bonds. The van der Waals surface area contributed by atoms with E-state index in [-0.39, 0.29) is 5.91 Å². The van der Waals surface area contributed by atoms with Gasteiger partial charge in [0.2, 0.25) is 0 Å². The second-order valence-corrected chi connectivity index (χ2v) is 7.14. The standard InChI is InChI=1S/C21H30N4O/c1-5-7-9-12-17-13-10-11-14-18(17)20(26)22-21(3,4)19-16-25(24-23-19)15-8-6-2/h5,10-11,13-14,16H,1,6-9,12,15H2,2-4H3,(H,22,26). The molecule has 0 saturated carbocycles. The fourth-order valence-corrected chi connectivity index (χ4v) is 2.83. The van der Waals surface area contributed by atoms with E-state index in [0.29, 0.717) is 0 Å². The Morgan fingerprint density at radius 1 is 1.31 bits per heavy atom. The van der Waals surface area contributed by atoms with Gasteiger partial charge in [-0.1, -0.05) is 42.8 Å².